The van der Waals surface area contributed by atoms with Crippen LogP contribution in [-0.4, -0.2) is 29.4 Å². The lowest BCUT2D eigenvalue weighted by molar-refractivity contribution is -0.133. The molecule has 0 saturated heterocycles. The van der Waals surface area contributed by atoms with Crippen LogP contribution in [0.2, 0.25) is 0 Å². The number of carbonyl (C=O) groups is 2. The molecule has 1 unspecified atom stereocenters. The monoisotopic (exact) mass is 405 g/mol. The molecular weight excluding hydrogens is 374 g/mol. The van der Waals surface area contributed by atoms with Gasteiger partial charge in [-0.2, -0.15) is 0 Å². The number of nitrogens with one attached hydrogen (secondary N) is 2. The van der Waals surface area contributed by atoms with Gasteiger partial charge in [0.25, 0.3) is 0 Å². The number of benzene rings is 2. The molecule has 5 nitrogen and oxygen atoms in total. The average Bonchev–Trinajstić information content (AvgIpc) is 2.78. The van der Waals surface area contributed by atoms with Gasteiger partial charge >= 0.3 is 0 Å². The van der Waals surface area contributed by atoms with Crippen molar-refractivity contribution in [3.8, 4) is 0 Å². The third-order valence-electron chi connectivity index (χ3n) is 5.39. The second-order valence-electron chi connectivity index (χ2n) is 7.77. The molecule has 0 spiro atoms. The Morgan fingerprint density at radius 1 is 1.10 bits per heavy atom. The van der Waals surface area contributed by atoms with Crippen LogP contribution in [0.5, 0.6) is 0 Å². The first-order valence-electron chi connectivity index (χ1n) is 10.7. The lowest BCUT2D eigenvalue weighted by Crippen LogP contribution is -2.46. The van der Waals surface area contributed by atoms with Crippen molar-refractivity contribution in [3.63, 3.8) is 0 Å². The van der Waals surface area contributed by atoms with E-state index in [4.69, 9.17) is 0 Å². The molecule has 1 heterocycles. The number of hydrogen-bond acceptors (Lipinski definition) is 3. The Kier molecular flexibility index (Phi) is 7.66. The van der Waals surface area contributed by atoms with Gasteiger partial charge < -0.3 is 5.32 Å². The zero-order chi connectivity index (χ0) is 21.3. The number of aryl methyl sites for hydroxylation is 2. The Bertz CT molecular complexity index is 875. The molecule has 1 atom stereocenters. The Hall–Kier alpha value is -3.08. The van der Waals surface area contributed by atoms with Gasteiger partial charge in [0.15, 0.2) is 0 Å². The normalized spacial score (nSPS) is 14.7. The van der Waals surface area contributed by atoms with Crippen molar-refractivity contribution in [1.29, 1.82) is 0 Å². The Labute approximate surface area is 179 Å². The quantitative estimate of drug-likeness (QED) is 0.666. The smallest absolute Gasteiger partial charge is 0.244 e. The summed E-state index contributed by atoms with van der Waals surface area (Å²) in [7, 11) is 0. The van der Waals surface area contributed by atoms with Crippen LogP contribution < -0.4 is 10.7 Å². The minimum absolute atomic E-state index is 0.0196. The molecule has 0 fully saturated rings. The summed E-state index contributed by atoms with van der Waals surface area (Å²) in [4.78, 5) is 24.6. The van der Waals surface area contributed by atoms with Gasteiger partial charge in [-0.05, 0) is 49.0 Å². The van der Waals surface area contributed by atoms with E-state index < -0.39 is 0 Å². The minimum Gasteiger partial charge on any atom is -0.354 e. The Morgan fingerprint density at radius 2 is 1.83 bits per heavy atom. The minimum atomic E-state index is -0.0337. The van der Waals surface area contributed by atoms with Crippen molar-refractivity contribution in [2.24, 2.45) is 0 Å². The highest BCUT2D eigenvalue weighted by molar-refractivity contribution is 5.84. The molecule has 0 saturated carbocycles. The fourth-order valence-electron chi connectivity index (χ4n) is 3.50. The van der Waals surface area contributed by atoms with Crippen LogP contribution in [0, 0.1) is 0 Å². The van der Waals surface area contributed by atoms with Crippen molar-refractivity contribution >= 4 is 17.5 Å². The number of rotatable bonds is 9. The van der Waals surface area contributed by atoms with Gasteiger partial charge in [0, 0.05) is 18.9 Å². The summed E-state index contributed by atoms with van der Waals surface area (Å²) in [5.74, 6) is -0.0533. The maximum Gasteiger partial charge on any atom is 0.244 e. The van der Waals surface area contributed by atoms with Gasteiger partial charge in [-0.3, -0.25) is 20.0 Å². The van der Waals surface area contributed by atoms with Crippen LogP contribution >= 0.6 is 0 Å². The van der Waals surface area contributed by atoms with Crippen LogP contribution in [0.3, 0.4) is 0 Å². The summed E-state index contributed by atoms with van der Waals surface area (Å²) in [6, 6.07) is 18.7. The van der Waals surface area contributed by atoms with Crippen LogP contribution in [0.25, 0.3) is 5.70 Å². The van der Waals surface area contributed by atoms with E-state index in [1.54, 1.807) is 5.01 Å². The molecule has 0 bridgehead atoms. The highest BCUT2D eigenvalue weighted by atomic mass is 16.2. The third kappa shape index (κ3) is 6.21. The largest absolute Gasteiger partial charge is 0.354 e. The molecule has 2 N–H and O–H groups in total. The van der Waals surface area contributed by atoms with E-state index in [-0.39, 0.29) is 24.3 Å². The molecular formula is C25H31N3O2. The molecule has 1 aliphatic heterocycles. The molecule has 158 valence electrons. The van der Waals surface area contributed by atoms with E-state index in [0.717, 1.165) is 30.5 Å². The molecule has 1 aliphatic rings. The highest BCUT2D eigenvalue weighted by Crippen LogP contribution is 2.18. The van der Waals surface area contributed by atoms with Gasteiger partial charge in [0.2, 0.25) is 11.8 Å². The lowest BCUT2D eigenvalue weighted by Gasteiger charge is -2.29. The lowest BCUT2D eigenvalue weighted by atomic mass is 10.1. The summed E-state index contributed by atoms with van der Waals surface area (Å²) in [6.07, 6.45) is 5.34. The van der Waals surface area contributed by atoms with Gasteiger partial charge in [-0.1, -0.05) is 61.5 Å². The topological polar surface area (TPSA) is 61.4 Å². The molecule has 2 aromatic carbocycles. The zero-order valence-electron chi connectivity index (χ0n) is 17.9. The summed E-state index contributed by atoms with van der Waals surface area (Å²) in [5.41, 5.74) is 7.68. The second kappa shape index (κ2) is 10.6. The Balaban J connectivity index is 1.45. The number of carbonyl (C=O) groups excluding carboxylic acids is 2. The summed E-state index contributed by atoms with van der Waals surface area (Å²) in [5, 5.41) is 4.59. The van der Waals surface area contributed by atoms with Crippen LogP contribution in [0.15, 0.2) is 60.7 Å². The van der Waals surface area contributed by atoms with E-state index in [1.807, 2.05) is 31.2 Å². The van der Waals surface area contributed by atoms with Gasteiger partial charge in [0.05, 0.1) is 12.2 Å². The number of amides is 2. The Morgan fingerprint density at radius 3 is 2.53 bits per heavy atom. The van der Waals surface area contributed by atoms with Crippen molar-refractivity contribution in [3.05, 3.63) is 77.4 Å². The molecule has 2 amide bonds. The fraction of sp³-hybridized carbons (Fsp3) is 0.360. The maximum atomic E-state index is 12.3. The van der Waals surface area contributed by atoms with E-state index in [2.05, 4.69) is 54.1 Å². The van der Waals surface area contributed by atoms with E-state index in [9.17, 15) is 9.59 Å². The molecule has 0 aromatic heterocycles. The third-order valence-corrected chi connectivity index (χ3v) is 5.39. The van der Waals surface area contributed by atoms with Crippen molar-refractivity contribution in [2.75, 3.05) is 6.54 Å². The zero-order valence-corrected chi connectivity index (χ0v) is 17.9. The van der Waals surface area contributed by atoms with Crippen LogP contribution in [-0.2, 0) is 22.4 Å². The predicted molar refractivity (Wildman–Crippen MR) is 120 cm³/mol. The van der Waals surface area contributed by atoms with Crippen LogP contribution in [0.4, 0.5) is 0 Å². The standard InChI is InChI=1S/C25H31N3O2/c1-3-20-11-13-22(14-12-20)23-15-16-25(30)28(27-23)18-17-24(29)26-19(2)9-10-21-7-5-4-6-8-21/h4-8,11-15,19,27H,3,9-10,16-18H2,1-2H3,(H,26,29). The number of nitrogens with zero attached hydrogens (tertiary/aromatic N) is 1. The van der Waals surface area contributed by atoms with E-state index >= 15 is 0 Å². The summed E-state index contributed by atoms with van der Waals surface area (Å²) >= 11 is 0. The van der Waals surface area contributed by atoms with Crippen LogP contribution in [0.1, 0.15) is 49.8 Å². The molecule has 0 aliphatic carbocycles. The maximum absolute atomic E-state index is 12.3. The first-order chi connectivity index (χ1) is 14.5. The average molecular weight is 406 g/mol. The second-order valence-corrected chi connectivity index (χ2v) is 7.77. The van der Waals surface area contributed by atoms with E-state index in [0.29, 0.717) is 13.0 Å². The molecule has 0 radical (unpaired) electrons. The predicted octanol–water partition coefficient (Wildman–Crippen LogP) is 3.85. The summed E-state index contributed by atoms with van der Waals surface area (Å²) < 4.78 is 0. The first-order valence-corrected chi connectivity index (χ1v) is 10.7. The fourth-order valence-corrected chi connectivity index (χ4v) is 3.50. The van der Waals surface area contributed by atoms with Crippen molar-refractivity contribution < 1.29 is 9.59 Å². The molecule has 3 rings (SSSR count). The highest BCUT2D eigenvalue weighted by Gasteiger charge is 2.20. The van der Waals surface area contributed by atoms with E-state index in [1.165, 1.54) is 11.1 Å². The van der Waals surface area contributed by atoms with Gasteiger partial charge in [-0.15, -0.1) is 0 Å². The van der Waals surface area contributed by atoms with Crippen molar-refractivity contribution in [2.45, 2.75) is 52.0 Å². The molecule has 30 heavy (non-hydrogen) atoms. The van der Waals surface area contributed by atoms with Gasteiger partial charge in [0.1, 0.15) is 0 Å². The number of hydrogen-bond donors (Lipinski definition) is 2. The summed E-state index contributed by atoms with van der Waals surface area (Å²) in [6.45, 7) is 4.49. The SMILES string of the molecule is CCc1ccc(C2=CCC(=O)N(CCC(=O)NC(C)CCc3ccccc3)N2)cc1. The molecule has 5 heteroatoms. The molecule has 2 aromatic rings. The first kappa shape index (κ1) is 21.6. The van der Waals surface area contributed by atoms with Crippen molar-refractivity contribution in [1.82, 2.24) is 15.8 Å². The van der Waals surface area contributed by atoms with Gasteiger partial charge in [-0.25, -0.2) is 0 Å². The number of hydrazine groups is 1.